The van der Waals surface area contributed by atoms with Crippen LogP contribution in [0.1, 0.15) is 5.82 Å². The molecule has 0 aliphatic carbocycles. The van der Waals surface area contributed by atoms with Gasteiger partial charge in [-0.25, -0.2) is 9.37 Å². The molecule has 0 atom stereocenters. The number of aromatic amines is 1. The second-order valence-electron chi connectivity index (χ2n) is 3.23. The van der Waals surface area contributed by atoms with Crippen LogP contribution in [0.3, 0.4) is 0 Å². The Hall–Kier alpha value is -1.84. The van der Waals surface area contributed by atoms with Gasteiger partial charge in [0.25, 0.3) is 0 Å². The molecule has 1 heterocycles. The van der Waals surface area contributed by atoms with Crippen LogP contribution in [0.15, 0.2) is 24.4 Å². The second-order valence-corrected chi connectivity index (χ2v) is 3.23. The Morgan fingerprint density at radius 2 is 2.20 bits per heavy atom. The molecule has 0 unspecified atom stereocenters. The lowest BCUT2D eigenvalue weighted by Crippen LogP contribution is -1.89. The number of hydrogen-bond donors (Lipinski definition) is 1. The molecule has 78 valence electrons. The summed E-state index contributed by atoms with van der Waals surface area (Å²) in [4.78, 5) is 7.10. The molecule has 1 aromatic heterocycles. The van der Waals surface area contributed by atoms with Crippen LogP contribution in [0.2, 0.25) is 0 Å². The number of H-pyrrole nitrogens is 1. The van der Waals surface area contributed by atoms with Gasteiger partial charge in [-0.1, -0.05) is 0 Å². The fraction of sp³-hybridized carbons (Fsp3) is 0.182. The third-order valence-corrected chi connectivity index (χ3v) is 2.15. The molecule has 0 saturated carbocycles. The lowest BCUT2D eigenvalue weighted by atomic mass is 10.1. The van der Waals surface area contributed by atoms with Crippen LogP contribution in [0.5, 0.6) is 5.75 Å². The number of nitrogens with one attached hydrogen (secondary N) is 1. The number of nitrogens with zero attached hydrogens (tertiary/aromatic N) is 1. The summed E-state index contributed by atoms with van der Waals surface area (Å²) in [7, 11) is 1.56. The van der Waals surface area contributed by atoms with Crippen LogP contribution in [-0.2, 0) is 0 Å². The number of imidazole rings is 1. The van der Waals surface area contributed by atoms with Crippen LogP contribution in [0.4, 0.5) is 4.39 Å². The average molecular weight is 206 g/mol. The van der Waals surface area contributed by atoms with Gasteiger partial charge in [0.2, 0.25) is 0 Å². The lowest BCUT2D eigenvalue weighted by Gasteiger charge is -2.06. The van der Waals surface area contributed by atoms with E-state index in [1.165, 1.54) is 12.1 Å². The van der Waals surface area contributed by atoms with Gasteiger partial charge in [0, 0.05) is 5.56 Å². The highest BCUT2D eigenvalue weighted by atomic mass is 19.1. The van der Waals surface area contributed by atoms with Crippen molar-refractivity contribution in [2.24, 2.45) is 0 Å². The fourth-order valence-electron chi connectivity index (χ4n) is 1.45. The molecule has 0 amide bonds. The van der Waals surface area contributed by atoms with Gasteiger partial charge in [-0.15, -0.1) is 0 Å². The third kappa shape index (κ3) is 1.83. The quantitative estimate of drug-likeness (QED) is 0.819. The van der Waals surface area contributed by atoms with E-state index in [0.29, 0.717) is 11.3 Å². The Morgan fingerprint density at radius 3 is 2.80 bits per heavy atom. The predicted octanol–water partition coefficient (Wildman–Crippen LogP) is 2.53. The zero-order valence-corrected chi connectivity index (χ0v) is 8.54. The van der Waals surface area contributed by atoms with E-state index < -0.39 is 0 Å². The normalized spacial score (nSPS) is 10.3. The van der Waals surface area contributed by atoms with Crippen LogP contribution >= 0.6 is 0 Å². The monoisotopic (exact) mass is 206 g/mol. The van der Waals surface area contributed by atoms with Crippen molar-refractivity contribution in [1.29, 1.82) is 0 Å². The molecule has 3 nitrogen and oxygen atoms in total. The smallest absolute Gasteiger partial charge is 0.128 e. The molecule has 0 aliphatic heterocycles. The highest BCUT2D eigenvalue weighted by Crippen LogP contribution is 2.29. The Labute approximate surface area is 86.9 Å². The van der Waals surface area contributed by atoms with Crippen molar-refractivity contribution < 1.29 is 9.13 Å². The van der Waals surface area contributed by atoms with Gasteiger partial charge in [0.15, 0.2) is 0 Å². The summed E-state index contributed by atoms with van der Waals surface area (Å²) in [6, 6.07) is 4.39. The van der Waals surface area contributed by atoms with Gasteiger partial charge in [0.1, 0.15) is 17.4 Å². The number of aromatic nitrogens is 2. The maximum atomic E-state index is 13.1. The summed E-state index contributed by atoms with van der Waals surface area (Å²) >= 11 is 0. The minimum atomic E-state index is -0.293. The van der Waals surface area contributed by atoms with E-state index in [4.69, 9.17) is 4.74 Å². The van der Waals surface area contributed by atoms with Crippen LogP contribution in [-0.4, -0.2) is 17.1 Å². The third-order valence-electron chi connectivity index (χ3n) is 2.15. The molecular formula is C11H11FN2O. The largest absolute Gasteiger partial charge is 0.496 e. The molecule has 2 aromatic rings. The minimum absolute atomic E-state index is 0.293. The standard InChI is InChI=1S/C11H11FN2O/c1-7-13-6-10(14-7)9-5-8(12)3-4-11(9)15-2/h3-6H,1-2H3,(H,13,14). The topological polar surface area (TPSA) is 37.9 Å². The van der Waals surface area contributed by atoms with Crippen molar-refractivity contribution >= 4 is 0 Å². The van der Waals surface area contributed by atoms with Gasteiger partial charge in [-0.05, 0) is 25.1 Å². The summed E-state index contributed by atoms with van der Waals surface area (Å²) in [5.41, 5.74) is 1.43. The number of hydrogen-bond acceptors (Lipinski definition) is 2. The molecule has 1 N–H and O–H groups in total. The maximum Gasteiger partial charge on any atom is 0.128 e. The molecule has 2 rings (SSSR count). The Bertz CT molecular complexity index is 479. The molecule has 4 heteroatoms. The Kier molecular flexibility index (Phi) is 2.41. The summed E-state index contributed by atoms with van der Waals surface area (Å²) in [6.07, 6.45) is 1.66. The summed E-state index contributed by atoms with van der Waals surface area (Å²) < 4.78 is 18.2. The van der Waals surface area contributed by atoms with Crippen LogP contribution in [0.25, 0.3) is 11.3 Å². The Balaban J connectivity index is 2.55. The molecule has 0 aliphatic rings. The molecular weight excluding hydrogens is 195 g/mol. The average Bonchev–Trinajstić information content (AvgIpc) is 2.65. The number of ether oxygens (including phenoxy) is 1. The zero-order valence-electron chi connectivity index (χ0n) is 8.54. The number of methoxy groups -OCH3 is 1. The predicted molar refractivity (Wildman–Crippen MR) is 55.3 cm³/mol. The minimum Gasteiger partial charge on any atom is -0.496 e. The summed E-state index contributed by atoms with van der Waals surface area (Å²) in [5.74, 6) is 1.12. The van der Waals surface area contributed by atoms with Crippen molar-refractivity contribution in [3.63, 3.8) is 0 Å². The number of halogens is 1. The SMILES string of the molecule is COc1ccc(F)cc1-c1cnc(C)[nH]1. The highest BCUT2D eigenvalue weighted by molar-refractivity contribution is 5.66. The fourth-order valence-corrected chi connectivity index (χ4v) is 1.45. The van der Waals surface area contributed by atoms with Gasteiger partial charge >= 0.3 is 0 Å². The van der Waals surface area contributed by atoms with Crippen molar-refractivity contribution in [1.82, 2.24) is 9.97 Å². The van der Waals surface area contributed by atoms with Gasteiger partial charge in [-0.3, -0.25) is 0 Å². The van der Waals surface area contributed by atoms with Crippen molar-refractivity contribution in [2.45, 2.75) is 6.92 Å². The first kappa shape index (κ1) is 9.71. The van der Waals surface area contributed by atoms with E-state index in [1.807, 2.05) is 6.92 Å². The molecule has 15 heavy (non-hydrogen) atoms. The molecule has 0 fully saturated rings. The summed E-state index contributed by atoms with van der Waals surface area (Å²) in [5, 5.41) is 0. The first-order chi connectivity index (χ1) is 7.20. The first-order valence-corrected chi connectivity index (χ1v) is 4.56. The zero-order chi connectivity index (χ0) is 10.8. The van der Waals surface area contributed by atoms with E-state index in [-0.39, 0.29) is 5.82 Å². The molecule has 0 spiro atoms. The van der Waals surface area contributed by atoms with Crippen molar-refractivity contribution in [2.75, 3.05) is 7.11 Å². The molecule has 1 aromatic carbocycles. The number of aryl methyl sites for hydroxylation is 1. The van der Waals surface area contributed by atoms with Crippen LogP contribution < -0.4 is 4.74 Å². The van der Waals surface area contributed by atoms with E-state index in [2.05, 4.69) is 9.97 Å². The van der Waals surface area contributed by atoms with E-state index >= 15 is 0 Å². The second kappa shape index (κ2) is 3.73. The van der Waals surface area contributed by atoms with Gasteiger partial charge in [0.05, 0.1) is 19.0 Å². The van der Waals surface area contributed by atoms with E-state index in [9.17, 15) is 4.39 Å². The van der Waals surface area contributed by atoms with Gasteiger partial charge in [-0.2, -0.15) is 0 Å². The van der Waals surface area contributed by atoms with E-state index in [1.54, 1.807) is 19.4 Å². The number of benzene rings is 1. The molecule has 0 saturated heterocycles. The first-order valence-electron chi connectivity index (χ1n) is 4.56. The number of rotatable bonds is 2. The summed E-state index contributed by atoms with van der Waals surface area (Å²) in [6.45, 7) is 1.84. The highest BCUT2D eigenvalue weighted by Gasteiger charge is 2.08. The lowest BCUT2D eigenvalue weighted by molar-refractivity contribution is 0.415. The molecule has 0 radical (unpaired) electrons. The van der Waals surface area contributed by atoms with Gasteiger partial charge < -0.3 is 9.72 Å². The van der Waals surface area contributed by atoms with Crippen molar-refractivity contribution in [3.05, 3.63) is 36.0 Å². The Morgan fingerprint density at radius 1 is 1.40 bits per heavy atom. The van der Waals surface area contributed by atoms with Crippen LogP contribution in [0, 0.1) is 12.7 Å². The molecule has 0 bridgehead atoms. The van der Waals surface area contributed by atoms with E-state index in [0.717, 1.165) is 11.5 Å². The maximum absolute atomic E-state index is 13.1. The van der Waals surface area contributed by atoms with Crippen molar-refractivity contribution in [3.8, 4) is 17.0 Å².